The number of nitroso groups, excluding NO2 is 1. The summed E-state index contributed by atoms with van der Waals surface area (Å²) in [6.07, 6.45) is 0. The lowest BCUT2D eigenvalue weighted by Gasteiger charge is -2.05. The number of nitrogens with zero attached hydrogens (tertiary/aromatic N) is 1. The maximum Gasteiger partial charge on any atom is 0.210 e. The summed E-state index contributed by atoms with van der Waals surface area (Å²) >= 11 is 0. The second kappa shape index (κ2) is 4.24. The van der Waals surface area contributed by atoms with Crippen LogP contribution in [0.2, 0.25) is 0 Å². The molecule has 0 aromatic heterocycles. The Hall–Kier alpha value is -1.85. The van der Waals surface area contributed by atoms with Crippen molar-refractivity contribution in [1.82, 2.24) is 5.59 Å². The minimum atomic E-state index is -0.693. The Morgan fingerprint density at radius 1 is 1.46 bits per heavy atom. The van der Waals surface area contributed by atoms with E-state index in [0.717, 1.165) is 0 Å². The number of rotatable bonds is 4. The average Bonchev–Trinajstić information content (AvgIpc) is 2.16. The van der Waals surface area contributed by atoms with Crippen LogP contribution in [0.1, 0.15) is 0 Å². The molecule has 1 rings (SSSR count). The Kier molecular flexibility index (Phi) is 3.02. The lowest BCUT2D eigenvalue weighted by atomic mass is 10.3. The molecule has 1 aromatic rings. The molecule has 0 amide bonds. The minimum absolute atomic E-state index is 0.0326. The SMILES string of the molecule is COc1cccc(ONN=O)c1F. The van der Waals surface area contributed by atoms with E-state index in [4.69, 9.17) is 0 Å². The Bertz CT molecular complexity index is 306. The number of hydrogen-bond donors (Lipinski definition) is 1. The molecule has 0 aliphatic rings. The van der Waals surface area contributed by atoms with Crippen molar-refractivity contribution in [2.75, 3.05) is 7.11 Å². The van der Waals surface area contributed by atoms with Crippen LogP contribution < -0.4 is 15.2 Å². The molecule has 1 aromatic carbocycles. The molecule has 0 saturated carbocycles. The normalized spacial score (nSPS) is 9.08. The summed E-state index contributed by atoms with van der Waals surface area (Å²) in [5.41, 5.74) is 1.63. The fourth-order valence-electron chi connectivity index (χ4n) is 0.795. The highest BCUT2D eigenvalue weighted by molar-refractivity contribution is 5.35. The molecule has 70 valence electrons. The molecule has 6 heteroatoms. The van der Waals surface area contributed by atoms with E-state index in [0.29, 0.717) is 0 Å². The third-order valence-electron chi connectivity index (χ3n) is 1.34. The zero-order chi connectivity index (χ0) is 9.68. The van der Waals surface area contributed by atoms with Crippen molar-refractivity contribution in [3.8, 4) is 11.5 Å². The highest BCUT2D eigenvalue weighted by Gasteiger charge is 2.09. The molecule has 0 heterocycles. The van der Waals surface area contributed by atoms with Gasteiger partial charge in [0.05, 0.1) is 12.4 Å². The third-order valence-corrected chi connectivity index (χ3v) is 1.34. The molecule has 13 heavy (non-hydrogen) atoms. The molecule has 0 aliphatic carbocycles. The van der Waals surface area contributed by atoms with Gasteiger partial charge in [-0.2, -0.15) is 4.39 Å². The molecule has 1 N–H and O–H groups in total. The topological polar surface area (TPSA) is 59.9 Å². The number of nitrogens with one attached hydrogen (secondary N) is 1. The van der Waals surface area contributed by atoms with E-state index >= 15 is 0 Å². The fraction of sp³-hybridized carbons (Fsp3) is 0.143. The van der Waals surface area contributed by atoms with Crippen LogP contribution in [0.25, 0.3) is 0 Å². The van der Waals surface area contributed by atoms with Crippen molar-refractivity contribution >= 4 is 0 Å². The van der Waals surface area contributed by atoms with Gasteiger partial charge in [-0.3, -0.25) is 0 Å². The van der Waals surface area contributed by atoms with Gasteiger partial charge in [0.2, 0.25) is 5.82 Å². The Balaban J connectivity index is 2.87. The lowest BCUT2D eigenvalue weighted by molar-refractivity contribution is 0.187. The number of halogens is 1. The molecule has 5 nitrogen and oxygen atoms in total. The number of methoxy groups -OCH3 is 1. The van der Waals surface area contributed by atoms with E-state index in [9.17, 15) is 9.30 Å². The average molecular weight is 186 g/mol. The van der Waals surface area contributed by atoms with Crippen LogP contribution in [-0.4, -0.2) is 7.11 Å². The first-order valence-corrected chi connectivity index (χ1v) is 3.36. The van der Waals surface area contributed by atoms with Crippen molar-refractivity contribution in [3.05, 3.63) is 28.9 Å². The highest BCUT2D eigenvalue weighted by atomic mass is 19.1. The summed E-state index contributed by atoms with van der Waals surface area (Å²) in [5.74, 6) is -0.815. The van der Waals surface area contributed by atoms with Crippen LogP contribution in [0.5, 0.6) is 11.5 Å². The molecule has 0 fully saturated rings. The smallest absolute Gasteiger partial charge is 0.210 e. The van der Waals surface area contributed by atoms with E-state index < -0.39 is 5.82 Å². The van der Waals surface area contributed by atoms with E-state index in [2.05, 4.69) is 14.9 Å². The van der Waals surface area contributed by atoms with Crippen molar-refractivity contribution in [2.24, 2.45) is 5.29 Å². The van der Waals surface area contributed by atoms with Gasteiger partial charge in [0.1, 0.15) is 0 Å². The van der Waals surface area contributed by atoms with Crippen molar-refractivity contribution < 1.29 is 14.0 Å². The molecule has 0 radical (unpaired) electrons. The summed E-state index contributed by atoms with van der Waals surface area (Å²) < 4.78 is 17.8. The summed E-state index contributed by atoms with van der Waals surface area (Å²) in [6, 6.07) is 4.27. The van der Waals surface area contributed by atoms with Gasteiger partial charge in [-0.05, 0) is 12.1 Å². The second-order valence-corrected chi connectivity index (χ2v) is 2.06. The summed E-state index contributed by atoms with van der Waals surface area (Å²) in [5, 5.41) is 2.20. The quantitative estimate of drug-likeness (QED) is 0.570. The molecule has 0 saturated heterocycles. The first-order chi connectivity index (χ1) is 6.29. The second-order valence-electron chi connectivity index (χ2n) is 2.06. The number of hydrogen-bond acceptors (Lipinski definition) is 4. The van der Waals surface area contributed by atoms with E-state index in [-0.39, 0.29) is 11.5 Å². The molecule has 0 bridgehead atoms. The van der Waals surface area contributed by atoms with Gasteiger partial charge in [0, 0.05) is 0 Å². The largest absolute Gasteiger partial charge is 0.494 e. The van der Waals surface area contributed by atoms with Gasteiger partial charge in [0.25, 0.3) is 0 Å². The van der Waals surface area contributed by atoms with Crippen molar-refractivity contribution in [1.29, 1.82) is 0 Å². The van der Waals surface area contributed by atoms with Gasteiger partial charge in [-0.25, -0.2) is 0 Å². The monoisotopic (exact) mass is 186 g/mol. The van der Waals surface area contributed by atoms with Gasteiger partial charge < -0.3 is 9.57 Å². The minimum Gasteiger partial charge on any atom is -0.494 e. The van der Waals surface area contributed by atoms with E-state index in [1.54, 1.807) is 5.59 Å². The van der Waals surface area contributed by atoms with E-state index in [1.165, 1.54) is 25.3 Å². The Morgan fingerprint density at radius 2 is 2.15 bits per heavy atom. The molecule has 0 spiro atoms. The maximum atomic E-state index is 13.2. The Labute approximate surface area is 73.4 Å². The van der Waals surface area contributed by atoms with Gasteiger partial charge >= 0.3 is 0 Å². The van der Waals surface area contributed by atoms with Gasteiger partial charge in [-0.1, -0.05) is 6.07 Å². The van der Waals surface area contributed by atoms with Crippen LogP contribution in [-0.2, 0) is 0 Å². The summed E-state index contributed by atoms with van der Waals surface area (Å²) in [7, 11) is 1.33. The molecule has 0 aliphatic heterocycles. The van der Waals surface area contributed by atoms with Crippen LogP contribution >= 0.6 is 0 Å². The maximum absolute atomic E-state index is 13.2. The van der Waals surface area contributed by atoms with Crippen molar-refractivity contribution in [3.63, 3.8) is 0 Å². The van der Waals surface area contributed by atoms with Crippen LogP contribution in [0, 0.1) is 10.7 Å². The van der Waals surface area contributed by atoms with Gasteiger partial charge in [-0.15, -0.1) is 10.5 Å². The zero-order valence-corrected chi connectivity index (χ0v) is 6.78. The summed E-state index contributed by atoms with van der Waals surface area (Å²) in [6.45, 7) is 0. The molecular formula is C7H7FN2O3. The number of ether oxygens (including phenoxy) is 1. The standard InChI is InChI=1S/C7H7FN2O3/c1-12-5-3-2-4-6(7(5)8)13-10-9-11/h2-4H,1H3,(H,10,11). The lowest BCUT2D eigenvalue weighted by Crippen LogP contribution is -2.10. The predicted molar refractivity (Wildman–Crippen MR) is 42.5 cm³/mol. The third kappa shape index (κ3) is 2.05. The first-order valence-electron chi connectivity index (χ1n) is 3.36. The van der Waals surface area contributed by atoms with E-state index in [1.807, 2.05) is 0 Å². The first kappa shape index (κ1) is 9.24. The fourth-order valence-corrected chi connectivity index (χ4v) is 0.795. The highest BCUT2D eigenvalue weighted by Crippen LogP contribution is 2.25. The van der Waals surface area contributed by atoms with Crippen LogP contribution in [0.4, 0.5) is 4.39 Å². The van der Waals surface area contributed by atoms with Crippen LogP contribution in [0.15, 0.2) is 23.5 Å². The molecule has 0 atom stereocenters. The predicted octanol–water partition coefficient (Wildman–Crippen LogP) is 1.40. The number of benzene rings is 1. The summed E-state index contributed by atoms with van der Waals surface area (Å²) in [4.78, 5) is 14.0. The Morgan fingerprint density at radius 3 is 2.77 bits per heavy atom. The molecular weight excluding hydrogens is 179 g/mol. The van der Waals surface area contributed by atoms with Crippen LogP contribution in [0.3, 0.4) is 0 Å². The molecule has 0 unspecified atom stereocenters. The zero-order valence-electron chi connectivity index (χ0n) is 6.78. The van der Waals surface area contributed by atoms with Crippen molar-refractivity contribution in [2.45, 2.75) is 0 Å². The van der Waals surface area contributed by atoms with Gasteiger partial charge in [0.15, 0.2) is 11.5 Å².